The highest BCUT2D eigenvalue weighted by Crippen LogP contribution is 2.03. The van der Waals surface area contributed by atoms with Crippen molar-refractivity contribution >= 4 is 5.78 Å². The zero-order chi connectivity index (χ0) is 9.72. The van der Waals surface area contributed by atoms with Crippen LogP contribution in [0.15, 0.2) is 0 Å². The quantitative estimate of drug-likeness (QED) is 0.638. The first-order chi connectivity index (χ1) is 5.49. The Morgan fingerprint density at radius 2 is 2.00 bits per heavy atom. The molecule has 4 heteroatoms. The molecule has 1 unspecified atom stereocenters. The highest BCUT2D eigenvalue weighted by molar-refractivity contribution is 5.83. The fraction of sp³-hybridized carbons (Fsp3) is 0.875. The van der Waals surface area contributed by atoms with Gasteiger partial charge in [-0.2, -0.15) is 0 Å². The number of alkyl halides is 2. The first-order valence-electron chi connectivity index (χ1n) is 4.00. The molecule has 0 aromatic heterocycles. The molecule has 0 aromatic carbocycles. The van der Waals surface area contributed by atoms with Gasteiger partial charge in [-0.15, -0.1) is 0 Å². The minimum atomic E-state index is -2.37. The van der Waals surface area contributed by atoms with Gasteiger partial charge in [0.05, 0.1) is 12.6 Å². The second kappa shape index (κ2) is 5.19. The molecule has 72 valence electrons. The largest absolute Gasteiger partial charge is 0.298 e. The highest BCUT2D eigenvalue weighted by Gasteiger charge is 2.18. The topological polar surface area (TPSA) is 20.3 Å². The van der Waals surface area contributed by atoms with Crippen LogP contribution in [0.25, 0.3) is 0 Å². The van der Waals surface area contributed by atoms with E-state index in [1.807, 2.05) is 0 Å². The molecule has 1 atom stereocenters. The lowest BCUT2D eigenvalue weighted by Crippen LogP contribution is -2.38. The van der Waals surface area contributed by atoms with Crippen LogP contribution in [-0.2, 0) is 4.79 Å². The summed E-state index contributed by atoms with van der Waals surface area (Å²) >= 11 is 0. The van der Waals surface area contributed by atoms with Gasteiger partial charge in [0.2, 0.25) is 0 Å². The lowest BCUT2D eigenvalue weighted by atomic mass is 10.1. The molecule has 0 rings (SSSR count). The molecule has 0 bridgehead atoms. The van der Waals surface area contributed by atoms with E-state index in [0.29, 0.717) is 6.42 Å². The second-order valence-corrected chi connectivity index (χ2v) is 2.83. The number of ketones is 1. The number of Topliss-reactive ketones (excluding diaryl/α,β-unsaturated/α-hetero) is 1. The van der Waals surface area contributed by atoms with Crippen molar-refractivity contribution in [1.82, 2.24) is 4.90 Å². The zero-order valence-electron chi connectivity index (χ0n) is 7.68. The van der Waals surface area contributed by atoms with Gasteiger partial charge in [-0.05, 0) is 14.0 Å². The normalized spacial score (nSPS) is 13.9. The smallest absolute Gasteiger partial charge is 0.251 e. The third-order valence-corrected chi connectivity index (χ3v) is 1.90. The SMILES string of the molecule is CCC(=O)C(C)N(C)CC(F)F. The van der Waals surface area contributed by atoms with Crippen molar-refractivity contribution in [3.63, 3.8) is 0 Å². The summed E-state index contributed by atoms with van der Waals surface area (Å²) in [5, 5.41) is 0. The summed E-state index contributed by atoms with van der Waals surface area (Å²) < 4.78 is 23.7. The summed E-state index contributed by atoms with van der Waals surface area (Å²) in [6.07, 6.45) is -1.98. The summed E-state index contributed by atoms with van der Waals surface area (Å²) in [5.41, 5.74) is 0. The van der Waals surface area contributed by atoms with Crippen molar-refractivity contribution in [2.45, 2.75) is 32.7 Å². The van der Waals surface area contributed by atoms with Crippen molar-refractivity contribution in [3.05, 3.63) is 0 Å². The third-order valence-electron chi connectivity index (χ3n) is 1.90. The fourth-order valence-corrected chi connectivity index (χ4v) is 0.917. The zero-order valence-corrected chi connectivity index (χ0v) is 7.68. The van der Waals surface area contributed by atoms with Crippen LogP contribution in [0.1, 0.15) is 20.3 Å². The van der Waals surface area contributed by atoms with Gasteiger partial charge in [0.1, 0.15) is 5.78 Å². The molecular formula is C8H15F2NO. The maximum absolute atomic E-state index is 11.9. The van der Waals surface area contributed by atoms with Gasteiger partial charge in [0, 0.05) is 6.42 Å². The van der Waals surface area contributed by atoms with Crippen LogP contribution in [0.4, 0.5) is 8.78 Å². The van der Waals surface area contributed by atoms with Crippen LogP contribution in [0.2, 0.25) is 0 Å². The molecule has 2 nitrogen and oxygen atoms in total. The minimum absolute atomic E-state index is 0.00171. The molecule has 0 aliphatic rings. The number of carbonyl (C=O) groups excluding carboxylic acids is 1. The van der Waals surface area contributed by atoms with Crippen LogP contribution in [0, 0.1) is 0 Å². The molecule has 0 N–H and O–H groups in total. The van der Waals surface area contributed by atoms with Crippen molar-refractivity contribution in [2.75, 3.05) is 13.6 Å². The lowest BCUT2D eigenvalue weighted by Gasteiger charge is -2.22. The Labute approximate surface area is 71.5 Å². The lowest BCUT2D eigenvalue weighted by molar-refractivity contribution is -0.123. The first-order valence-corrected chi connectivity index (χ1v) is 4.00. The van der Waals surface area contributed by atoms with Gasteiger partial charge in [0.15, 0.2) is 0 Å². The molecule has 0 aliphatic carbocycles. The molecular weight excluding hydrogens is 164 g/mol. The third kappa shape index (κ3) is 3.76. The van der Waals surface area contributed by atoms with Crippen molar-refractivity contribution in [1.29, 1.82) is 0 Å². The van der Waals surface area contributed by atoms with Crippen molar-refractivity contribution in [3.8, 4) is 0 Å². The first kappa shape index (κ1) is 11.5. The summed E-state index contributed by atoms with van der Waals surface area (Å²) in [5.74, 6) is -0.00171. The Balaban J connectivity index is 3.91. The van der Waals surface area contributed by atoms with Gasteiger partial charge in [-0.1, -0.05) is 6.92 Å². The Kier molecular flexibility index (Phi) is 4.97. The fourth-order valence-electron chi connectivity index (χ4n) is 0.917. The molecule has 0 saturated carbocycles. The van der Waals surface area contributed by atoms with E-state index in [0.717, 1.165) is 0 Å². The van der Waals surface area contributed by atoms with E-state index < -0.39 is 12.5 Å². The standard InChI is InChI=1S/C8H15F2NO/c1-4-7(12)6(2)11(3)5-8(9)10/h6,8H,4-5H2,1-3H3. The van der Waals surface area contributed by atoms with Gasteiger partial charge < -0.3 is 0 Å². The monoisotopic (exact) mass is 179 g/mol. The van der Waals surface area contributed by atoms with E-state index in [2.05, 4.69) is 0 Å². The summed E-state index contributed by atoms with van der Waals surface area (Å²) in [6.45, 7) is 3.04. The van der Waals surface area contributed by atoms with E-state index >= 15 is 0 Å². The number of likely N-dealkylation sites (N-methyl/N-ethyl adjacent to an activating group) is 1. The maximum Gasteiger partial charge on any atom is 0.251 e. The number of halogens is 2. The predicted octanol–water partition coefficient (Wildman–Crippen LogP) is 1.55. The molecule has 0 saturated heterocycles. The molecule has 0 aliphatic heterocycles. The van der Waals surface area contributed by atoms with Crippen LogP contribution in [0.3, 0.4) is 0 Å². The second-order valence-electron chi connectivity index (χ2n) is 2.83. The summed E-state index contributed by atoms with van der Waals surface area (Å²) in [4.78, 5) is 12.4. The van der Waals surface area contributed by atoms with Gasteiger partial charge >= 0.3 is 0 Å². The molecule has 0 radical (unpaired) electrons. The number of nitrogens with zero attached hydrogens (tertiary/aromatic N) is 1. The van der Waals surface area contributed by atoms with E-state index in [-0.39, 0.29) is 12.3 Å². The Hall–Kier alpha value is -0.510. The maximum atomic E-state index is 11.9. The Morgan fingerprint density at radius 3 is 2.33 bits per heavy atom. The average molecular weight is 179 g/mol. The van der Waals surface area contributed by atoms with Gasteiger partial charge in [0.25, 0.3) is 6.43 Å². The number of rotatable bonds is 5. The average Bonchev–Trinajstić information content (AvgIpc) is 2.00. The van der Waals surface area contributed by atoms with Crippen LogP contribution >= 0.6 is 0 Å². The van der Waals surface area contributed by atoms with E-state index in [1.165, 1.54) is 11.9 Å². The molecule has 0 amide bonds. The van der Waals surface area contributed by atoms with Crippen LogP contribution < -0.4 is 0 Å². The number of hydrogen-bond acceptors (Lipinski definition) is 2. The van der Waals surface area contributed by atoms with E-state index in [4.69, 9.17) is 0 Å². The van der Waals surface area contributed by atoms with Crippen LogP contribution in [0.5, 0.6) is 0 Å². The predicted molar refractivity (Wildman–Crippen MR) is 43.4 cm³/mol. The molecule has 0 fully saturated rings. The number of carbonyl (C=O) groups is 1. The van der Waals surface area contributed by atoms with E-state index in [9.17, 15) is 13.6 Å². The van der Waals surface area contributed by atoms with Crippen molar-refractivity contribution in [2.24, 2.45) is 0 Å². The molecule has 0 heterocycles. The Bertz CT molecular complexity index is 150. The minimum Gasteiger partial charge on any atom is -0.298 e. The van der Waals surface area contributed by atoms with Gasteiger partial charge in [-0.25, -0.2) is 8.78 Å². The summed E-state index contributed by atoms with van der Waals surface area (Å²) in [6, 6.07) is -0.399. The molecule has 0 aromatic rings. The van der Waals surface area contributed by atoms with E-state index in [1.54, 1.807) is 13.8 Å². The highest BCUT2D eigenvalue weighted by atomic mass is 19.3. The summed E-state index contributed by atoms with van der Waals surface area (Å²) in [7, 11) is 1.53. The molecule has 0 spiro atoms. The molecule has 12 heavy (non-hydrogen) atoms. The Morgan fingerprint density at radius 1 is 1.50 bits per heavy atom. The number of hydrogen-bond donors (Lipinski definition) is 0. The van der Waals surface area contributed by atoms with Crippen molar-refractivity contribution < 1.29 is 13.6 Å². The van der Waals surface area contributed by atoms with Gasteiger partial charge in [-0.3, -0.25) is 9.69 Å². The van der Waals surface area contributed by atoms with Crippen LogP contribution in [-0.4, -0.2) is 36.7 Å².